The molecule has 1 N–H and O–H groups in total. The predicted molar refractivity (Wildman–Crippen MR) is 79.9 cm³/mol. The molecule has 0 aliphatic rings. The summed E-state index contributed by atoms with van der Waals surface area (Å²) >= 11 is 6.21. The molecule has 0 saturated heterocycles. The number of fused-ring (bicyclic) bond motifs is 1. The molecule has 0 spiro atoms. The van der Waals surface area contributed by atoms with Crippen LogP contribution in [-0.4, -0.2) is 15.6 Å². The van der Waals surface area contributed by atoms with Gasteiger partial charge in [-0.05, 0) is 48.9 Å². The van der Waals surface area contributed by atoms with Crippen LogP contribution in [-0.2, 0) is 0 Å². The number of rotatable bonds is 2. The summed E-state index contributed by atoms with van der Waals surface area (Å²) < 4.78 is 14.9. The van der Waals surface area contributed by atoms with Crippen LogP contribution in [0.25, 0.3) is 16.6 Å². The third kappa shape index (κ3) is 2.17. The van der Waals surface area contributed by atoms with Crippen LogP contribution < -0.4 is 0 Å². The number of aryl methyl sites for hydroxylation is 1. The number of halogens is 2. The van der Waals surface area contributed by atoms with E-state index in [0.29, 0.717) is 10.9 Å². The monoisotopic (exact) mass is 303 g/mol. The second kappa shape index (κ2) is 4.90. The lowest BCUT2D eigenvalue weighted by atomic mass is 10.1. The number of carboxylic acids is 1. The minimum atomic E-state index is -1.05. The number of aromatic carboxylic acids is 1. The number of carbonyl (C=O) groups is 1. The molecule has 5 heteroatoms. The Morgan fingerprint density at radius 1 is 1.24 bits per heavy atom. The number of nitrogens with zero attached hydrogens (tertiary/aromatic N) is 1. The second-order valence-corrected chi connectivity index (χ2v) is 5.16. The van der Waals surface area contributed by atoms with Crippen molar-refractivity contribution in [1.29, 1.82) is 0 Å². The van der Waals surface area contributed by atoms with Crippen LogP contribution in [0.1, 0.15) is 15.9 Å². The average molecular weight is 304 g/mol. The quantitative estimate of drug-likeness (QED) is 0.761. The van der Waals surface area contributed by atoms with E-state index >= 15 is 0 Å². The fourth-order valence-electron chi connectivity index (χ4n) is 2.45. The summed E-state index contributed by atoms with van der Waals surface area (Å²) in [5.41, 5.74) is 2.27. The van der Waals surface area contributed by atoms with E-state index in [9.17, 15) is 14.3 Å². The smallest absolute Gasteiger partial charge is 0.337 e. The molecule has 1 aromatic heterocycles. The summed E-state index contributed by atoms with van der Waals surface area (Å²) in [6.45, 7) is 1.71. The van der Waals surface area contributed by atoms with Gasteiger partial charge in [0.1, 0.15) is 5.82 Å². The number of hydrogen-bond acceptors (Lipinski definition) is 1. The van der Waals surface area contributed by atoms with E-state index in [1.54, 1.807) is 37.4 Å². The van der Waals surface area contributed by atoms with E-state index in [4.69, 9.17) is 11.6 Å². The SMILES string of the molecule is Cc1cc2c(ccn2-c2ccc(F)cc2)c(Cl)c1C(=O)O. The third-order valence-corrected chi connectivity index (χ3v) is 3.84. The molecular formula is C16H11ClFNO2. The molecule has 106 valence electrons. The fourth-order valence-corrected chi connectivity index (χ4v) is 2.84. The number of benzene rings is 2. The standard InChI is InChI=1S/C16H11ClFNO2/c1-9-8-13-12(15(17)14(9)16(20)21)6-7-19(13)11-4-2-10(18)3-5-11/h2-8H,1H3,(H,20,21). The summed E-state index contributed by atoms with van der Waals surface area (Å²) in [5, 5.41) is 10.1. The zero-order valence-corrected chi connectivity index (χ0v) is 11.9. The van der Waals surface area contributed by atoms with Crippen molar-refractivity contribution in [2.75, 3.05) is 0 Å². The summed E-state index contributed by atoms with van der Waals surface area (Å²) in [7, 11) is 0. The molecule has 3 nitrogen and oxygen atoms in total. The van der Waals surface area contributed by atoms with Gasteiger partial charge in [-0.25, -0.2) is 9.18 Å². The van der Waals surface area contributed by atoms with Gasteiger partial charge in [-0.2, -0.15) is 0 Å². The van der Waals surface area contributed by atoms with Gasteiger partial charge in [0.25, 0.3) is 0 Å². The van der Waals surface area contributed by atoms with Gasteiger partial charge in [0.05, 0.1) is 16.1 Å². The summed E-state index contributed by atoms with van der Waals surface area (Å²) in [5.74, 6) is -1.36. The second-order valence-electron chi connectivity index (χ2n) is 4.78. The topological polar surface area (TPSA) is 42.2 Å². The third-order valence-electron chi connectivity index (χ3n) is 3.45. The highest BCUT2D eigenvalue weighted by Crippen LogP contribution is 2.32. The molecule has 0 saturated carbocycles. The number of aromatic nitrogens is 1. The molecule has 0 aliphatic carbocycles. The van der Waals surface area contributed by atoms with Crippen molar-refractivity contribution in [2.24, 2.45) is 0 Å². The Labute approximate surface area is 125 Å². The van der Waals surface area contributed by atoms with Crippen LogP contribution in [0.5, 0.6) is 0 Å². The normalized spacial score (nSPS) is 11.0. The lowest BCUT2D eigenvalue weighted by Gasteiger charge is -2.09. The van der Waals surface area contributed by atoms with E-state index in [1.165, 1.54) is 12.1 Å². The molecule has 0 atom stereocenters. The molecule has 3 aromatic rings. The predicted octanol–water partition coefficient (Wildman–Crippen LogP) is 4.43. The van der Waals surface area contributed by atoms with Crippen LogP contribution >= 0.6 is 11.6 Å². The van der Waals surface area contributed by atoms with Crippen molar-refractivity contribution >= 4 is 28.5 Å². The van der Waals surface area contributed by atoms with E-state index in [1.807, 2.05) is 4.57 Å². The summed E-state index contributed by atoms with van der Waals surface area (Å²) in [4.78, 5) is 11.3. The van der Waals surface area contributed by atoms with Gasteiger partial charge >= 0.3 is 5.97 Å². The Bertz CT molecular complexity index is 853. The molecule has 0 fully saturated rings. The molecule has 0 aliphatic heterocycles. The summed E-state index contributed by atoms with van der Waals surface area (Å²) in [6.07, 6.45) is 1.79. The van der Waals surface area contributed by atoms with Gasteiger partial charge in [0.2, 0.25) is 0 Å². The number of carboxylic acid groups (broad SMARTS) is 1. The van der Waals surface area contributed by atoms with Gasteiger partial charge in [-0.3, -0.25) is 0 Å². The van der Waals surface area contributed by atoms with Crippen LogP contribution in [0.15, 0.2) is 42.6 Å². The maximum absolute atomic E-state index is 13.0. The maximum atomic E-state index is 13.0. The van der Waals surface area contributed by atoms with Crippen molar-refractivity contribution in [1.82, 2.24) is 4.57 Å². The molecule has 0 amide bonds. The fraction of sp³-hybridized carbons (Fsp3) is 0.0625. The zero-order valence-electron chi connectivity index (χ0n) is 11.1. The first-order valence-electron chi connectivity index (χ1n) is 6.28. The molecule has 2 aromatic carbocycles. The highest BCUT2D eigenvalue weighted by molar-refractivity contribution is 6.38. The minimum Gasteiger partial charge on any atom is -0.478 e. The van der Waals surface area contributed by atoms with E-state index in [0.717, 1.165) is 11.2 Å². The zero-order chi connectivity index (χ0) is 15.1. The average Bonchev–Trinajstić information content (AvgIpc) is 2.83. The lowest BCUT2D eigenvalue weighted by molar-refractivity contribution is 0.0696. The minimum absolute atomic E-state index is 0.112. The van der Waals surface area contributed by atoms with E-state index in [-0.39, 0.29) is 16.4 Å². The van der Waals surface area contributed by atoms with Crippen LogP contribution in [0.3, 0.4) is 0 Å². The van der Waals surface area contributed by atoms with Gasteiger partial charge in [0, 0.05) is 17.3 Å². The highest BCUT2D eigenvalue weighted by Gasteiger charge is 2.17. The first kappa shape index (κ1) is 13.6. The Balaban J connectivity index is 2.28. The molecular weight excluding hydrogens is 293 g/mol. The molecule has 0 bridgehead atoms. The van der Waals surface area contributed by atoms with E-state index < -0.39 is 5.97 Å². The van der Waals surface area contributed by atoms with Crippen molar-refractivity contribution in [3.63, 3.8) is 0 Å². The van der Waals surface area contributed by atoms with Gasteiger partial charge in [-0.1, -0.05) is 11.6 Å². The maximum Gasteiger partial charge on any atom is 0.337 e. The van der Waals surface area contributed by atoms with Gasteiger partial charge in [0.15, 0.2) is 0 Å². The highest BCUT2D eigenvalue weighted by atomic mass is 35.5. The van der Waals surface area contributed by atoms with Crippen LogP contribution in [0.4, 0.5) is 4.39 Å². The molecule has 21 heavy (non-hydrogen) atoms. The first-order chi connectivity index (χ1) is 9.99. The molecule has 1 heterocycles. The van der Waals surface area contributed by atoms with Crippen LogP contribution in [0, 0.1) is 12.7 Å². The van der Waals surface area contributed by atoms with E-state index in [2.05, 4.69) is 0 Å². The first-order valence-corrected chi connectivity index (χ1v) is 6.66. The summed E-state index contributed by atoms with van der Waals surface area (Å²) in [6, 6.07) is 9.59. The van der Waals surface area contributed by atoms with Crippen molar-refractivity contribution in [3.8, 4) is 5.69 Å². The Morgan fingerprint density at radius 3 is 2.52 bits per heavy atom. The van der Waals surface area contributed by atoms with Crippen molar-refractivity contribution in [3.05, 3.63) is 64.6 Å². The molecule has 0 radical (unpaired) electrons. The van der Waals surface area contributed by atoms with Crippen LogP contribution in [0.2, 0.25) is 5.02 Å². The van der Waals surface area contributed by atoms with Gasteiger partial charge in [-0.15, -0.1) is 0 Å². The van der Waals surface area contributed by atoms with Crippen molar-refractivity contribution in [2.45, 2.75) is 6.92 Å². The Kier molecular flexibility index (Phi) is 3.18. The number of hydrogen-bond donors (Lipinski definition) is 1. The van der Waals surface area contributed by atoms with Gasteiger partial charge < -0.3 is 9.67 Å². The Hall–Kier alpha value is -2.33. The Morgan fingerprint density at radius 2 is 1.90 bits per heavy atom. The lowest BCUT2D eigenvalue weighted by Crippen LogP contribution is -2.02. The largest absolute Gasteiger partial charge is 0.478 e. The molecule has 0 unspecified atom stereocenters. The molecule has 3 rings (SSSR count). The van der Waals surface area contributed by atoms with Crippen molar-refractivity contribution < 1.29 is 14.3 Å².